The van der Waals surface area contributed by atoms with Gasteiger partial charge < -0.3 is 36.9 Å². The smallest absolute Gasteiger partial charge is 0.331 e. The second kappa shape index (κ2) is 11.7. The molecule has 0 unspecified atom stereocenters. The molecule has 13 nitrogen and oxygen atoms in total. The van der Waals surface area contributed by atoms with Crippen LogP contribution in [0.1, 0.15) is 32.1 Å². The molecule has 0 aromatic heterocycles. The normalized spacial score (nSPS) is 13.7. The van der Waals surface area contributed by atoms with Crippen molar-refractivity contribution >= 4 is 35.8 Å². The molecule has 27 heavy (non-hydrogen) atoms. The van der Waals surface area contributed by atoms with Gasteiger partial charge in [-0.25, -0.2) is 4.79 Å². The molecule has 0 amide bonds. The van der Waals surface area contributed by atoms with Gasteiger partial charge in [-0.05, 0) is 12.8 Å². The van der Waals surface area contributed by atoms with Crippen molar-refractivity contribution in [1.82, 2.24) is 0 Å². The van der Waals surface area contributed by atoms with Crippen LogP contribution in [-0.2, 0) is 38.2 Å². The average molecular weight is 391 g/mol. The van der Waals surface area contributed by atoms with Gasteiger partial charge in [0, 0.05) is 12.8 Å². The highest BCUT2D eigenvalue weighted by molar-refractivity contribution is 5.93. The maximum atomic E-state index is 11.6. The topological polar surface area (TPSA) is 239 Å². The van der Waals surface area contributed by atoms with E-state index in [1.54, 1.807) is 0 Å². The van der Waals surface area contributed by atoms with Crippen LogP contribution >= 0.6 is 0 Å². The first-order chi connectivity index (χ1) is 12.4. The maximum Gasteiger partial charge on any atom is 0.331 e. The zero-order chi connectivity index (χ0) is 21.1. The Morgan fingerprint density at radius 1 is 0.667 bits per heavy atom. The molecule has 0 aliphatic carbocycles. The number of esters is 4. The van der Waals surface area contributed by atoms with Gasteiger partial charge in [0.2, 0.25) is 0 Å². The van der Waals surface area contributed by atoms with E-state index < -0.39 is 73.2 Å². The monoisotopic (exact) mass is 391 g/mol. The van der Waals surface area contributed by atoms with Gasteiger partial charge in [0.25, 0.3) is 0 Å². The Kier molecular flexibility index (Phi) is 10.4. The Morgan fingerprint density at radius 3 is 1.48 bits per heavy atom. The number of nitrogens with two attached hydrogens (primary N) is 3. The summed E-state index contributed by atoms with van der Waals surface area (Å²) >= 11 is 0. The summed E-state index contributed by atoms with van der Waals surface area (Å²) in [6, 6.07) is -4.22. The highest BCUT2D eigenvalue weighted by Crippen LogP contribution is 2.03. The van der Waals surface area contributed by atoms with Crippen LogP contribution in [0.4, 0.5) is 0 Å². The van der Waals surface area contributed by atoms with Crippen LogP contribution in [0.15, 0.2) is 0 Å². The molecule has 0 aromatic carbocycles. The van der Waals surface area contributed by atoms with Crippen molar-refractivity contribution in [2.24, 2.45) is 17.2 Å². The third-order valence-electron chi connectivity index (χ3n) is 3.08. The summed E-state index contributed by atoms with van der Waals surface area (Å²) in [6.07, 6.45) is -2.22. The van der Waals surface area contributed by atoms with Crippen molar-refractivity contribution in [3.63, 3.8) is 0 Å². The lowest BCUT2D eigenvalue weighted by molar-refractivity contribution is -0.166. The number of ether oxygens (including phenoxy) is 2. The van der Waals surface area contributed by atoms with Crippen molar-refractivity contribution in [2.45, 2.75) is 50.2 Å². The van der Waals surface area contributed by atoms with Gasteiger partial charge in [-0.15, -0.1) is 0 Å². The molecule has 13 heteroatoms. The predicted octanol–water partition coefficient (Wildman–Crippen LogP) is -2.77. The Bertz CT molecular complexity index is 606. The minimum absolute atomic E-state index is 0.261. The molecular weight excluding hydrogens is 370 g/mol. The van der Waals surface area contributed by atoms with Crippen molar-refractivity contribution < 1.29 is 48.5 Å². The number of carbonyl (C=O) groups excluding carboxylic acids is 4. The van der Waals surface area contributed by atoms with Crippen LogP contribution in [0.5, 0.6) is 0 Å². The van der Waals surface area contributed by atoms with E-state index in [0.717, 1.165) is 0 Å². The number of hydrogen-bond donors (Lipinski definition) is 5. The summed E-state index contributed by atoms with van der Waals surface area (Å²) < 4.78 is 8.66. The van der Waals surface area contributed by atoms with Crippen LogP contribution in [0.2, 0.25) is 0 Å². The van der Waals surface area contributed by atoms with Gasteiger partial charge >= 0.3 is 35.8 Å². The van der Waals surface area contributed by atoms with Crippen LogP contribution in [-0.4, -0.2) is 64.2 Å². The highest BCUT2D eigenvalue weighted by atomic mass is 16.6. The number of carboxylic acids is 2. The van der Waals surface area contributed by atoms with Crippen LogP contribution in [0.25, 0.3) is 0 Å². The van der Waals surface area contributed by atoms with Crippen molar-refractivity contribution in [3.05, 3.63) is 0 Å². The predicted molar refractivity (Wildman–Crippen MR) is 84.5 cm³/mol. The maximum absolute atomic E-state index is 11.6. The fourth-order valence-electron chi connectivity index (χ4n) is 1.52. The van der Waals surface area contributed by atoms with E-state index in [1.807, 2.05) is 0 Å². The molecule has 0 rings (SSSR count). The number of hydrogen-bond acceptors (Lipinski definition) is 11. The lowest BCUT2D eigenvalue weighted by Gasteiger charge is -2.10. The summed E-state index contributed by atoms with van der Waals surface area (Å²) in [7, 11) is 0. The largest absolute Gasteiger partial charge is 0.480 e. The molecule has 0 heterocycles. The van der Waals surface area contributed by atoms with Gasteiger partial charge in [-0.1, -0.05) is 0 Å². The molecule has 0 saturated heterocycles. The van der Waals surface area contributed by atoms with E-state index in [1.165, 1.54) is 0 Å². The van der Waals surface area contributed by atoms with Crippen molar-refractivity contribution in [3.8, 4) is 0 Å². The summed E-state index contributed by atoms with van der Waals surface area (Å²) in [5.74, 6) is -7.26. The molecule has 0 bridgehead atoms. The number of carboxylic acid groups (broad SMARTS) is 2. The van der Waals surface area contributed by atoms with E-state index in [0.29, 0.717) is 0 Å². The molecule has 0 fully saturated rings. The molecule has 0 aromatic rings. The third-order valence-corrected chi connectivity index (χ3v) is 3.08. The number of carbonyl (C=O) groups is 6. The van der Waals surface area contributed by atoms with Gasteiger partial charge in [0.1, 0.15) is 18.1 Å². The van der Waals surface area contributed by atoms with Crippen LogP contribution < -0.4 is 17.2 Å². The Labute approximate surface area is 152 Å². The summed E-state index contributed by atoms with van der Waals surface area (Å²) in [5, 5.41) is 17.1. The second-order valence-electron chi connectivity index (χ2n) is 5.42. The van der Waals surface area contributed by atoms with E-state index >= 15 is 0 Å². The minimum Gasteiger partial charge on any atom is -0.480 e. The molecule has 0 saturated carbocycles. The molecule has 0 spiro atoms. The summed E-state index contributed by atoms with van der Waals surface area (Å²) in [6.45, 7) is 0. The lowest BCUT2D eigenvalue weighted by atomic mass is 10.1. The summed E-state index contributed by atoms with van der Waals surface area (Å²) in [4.78, 5) is 66.7. The zero-order valence-electron chi connectivity index (χ0n) is 14.2. The SMILES string of the molecule is N[C@@H](CCC(=O)OC(=O)C[C@H](N)C(=O)OC(=O)CC[C@H](N)C(=O)O)C(=O)O. The van der Waals surface area contributed by atoms with E-state index in [2.05, 4.69) is 9.47 Å². The second-order valence-corrected chi connectivity index (χ2v) is 5.42. The Morgan fingerprint density at radius 2 is 1.07 bits per heavy atom. The Hall–Kier alpha value is -2.90. The first-order valence-corrected chi connectivity index (χ1v) is 7.64. The fraction of sp³-hybridized carbons (Fsp3) is 0.571. The first kappa shape index (κ1) is 24.1. The van der Waals surface area contributed by atoms with Crippen molar-refractivity contribution in [1.29, 1.82) is 0 Å². The standard InChI is InChI=1S/C14H21N3O10/c15-6(12(21)22)1-3-9(18)26-11(20)5-8(17)14(25)27-10(19)4-2-7(16)13(23)24/h6-8H,1-5,15-17H2,(H,21,22)(H,23,24)/t6-,7-,8-/m0/s1. The fourth-order valence-corrected chi connectivity index (χ4v) is 1.52. The minimum atomic E-state index is -1.61. The number of rotatable bonds is 11. The molecule has 152 valence electrons. The molecular formula is C14H21N3O10. The average Bonchev–Trinajstić information content (AvgIpc) is 2.56. The molecule has 0 radical (unpaired) electrons. The van der Waals surface area contributed by atoms with Crippen LogP contribution in [0, 0.1) is 0 Å². The van der Waals surface area contributed by atoms with Crippen LogP contribution in [0.3, 0.4) is 0 Å². The third kappa shape index (κ3) is 10.6. The van der Waals surface area contributed by atoms with E-state index in [4.69, 9.17) is 27.4 Å². The Balaban J connectivity index is 4.24. The van der Waals surface area contributed by atoms with Gasteiger partial charge in [-0.3, -0.25) is 24.0 Å². The highest BCUT2D eigenvalue weighted by Gasteiger charge is 2.25. The first-order valence-electron chi connectivity index (χ1n) is 7.64. The molecule has 0 aliphatic rings. The zero-order valence-corrected chi connectivity index (χ0v) is 14.2. The van der Waals surface area contributed by atoms with Gasteiger partial charge in [0.05, 0.1) is 6.42 Å². The van der Waals surface area contributed by atoms with E-state index in [9.17, 15) is 28.8 Å². The van der Waals surface area contributed by atoms with Gasteiger partial charge in [0.15, 0.2) is 0 Å². The number of aliphatic carboxylic acids is 2. The summed E-state index contributed by atoms with van der Waals surface area (Å²) in [5.41, 5.74) is 15.7. The molecule has 8 N–H and O–H groups in total. The van der Waals surface area contributed by atoms with E-state index in [-0.39, 0.29) is 12.8 Å². The lowest BCUT2D eigenvalue weighted by Crippen LogP contribution is -2.37. The molecule has 3 atom stereocenters. The van der Waals surface area contributed by atoms with Gasteiger partial charge in [-0.2, -0.15) is 0 Å². The quantitative estimate of drug-likeness (QED) is 0.177. The molecule has 0 aliphatic heterocycles. The van der Waals surface area contributed by atoms with Crippen molar-refractivity contribution in [2.75, 3.05) is 0 Å².